The van der Waals surface area contributed by atoms with Crippen molar-refractivity contribution in [3.8, 4) is 0 Å². The lowest BCUT2D eigenvalue weighted by molar-refractivity contribution is -0.145. The van der Waals surface area contributed by atoms with Crippen molar-refractivity contribution in [1.82, 2.24) is 5.32 Å². The standard InChI is InChI=1S/C7H15NO2/c1-4-6(8-3)7(9)10-5-2/h6,8H,4-5H2,1-3H3. The van der Waals surface area contributed by atoms with Crippen molar-refractivity contribution in [2.24, 2.45) is 0 Å². The number of esters is 1. The third kappa shape index (κ3) is 2.82. The monoisotopic (exact) mass is 145 g/mol. The zero-order valence-corrected chi connectivity index (χ0v) is 6.81. The molecule has 3 nitrogen and oxygen atoms in total. The Bertz CT molecular complexity index is 99.8. The average Bonchev–Trinajstić information content (AvgIpc) is 1.91. The second-order valence-electron chi connectivity index (χ2n) is 2.00. The molecule has 3 heteroatoms. The van der Waals surface area contributed by atoms with Gasteiger partial charge in [-0.05, 0) is 20.4 Å². The van der Waals surface area contributed by atoms with Crippen LogP contribution in [0.3, 0.4) is 0 Å². The van der Waals surface area contributed by atoms with Crippen LogP contribution in [-0.4, -0.2) is 25.7 Å². The summed E-state index contributed by atoms with van der Waals surface area (Å²) in [6, 6.07) is -0.139. The van der Waals surface area contributed by atoms with E-state index in [2.05, 4.69) is 5.32 Å². The molecule has 0 saturated carbocycles. The second kappa shape index (κ2) is 5.23. The largest absolute Gasteiger partial charge is 0.465 e. The summed E-state index contributed by atoms with van der Waals surface area (Å²) in [6.45, 7) is 4.20. The van der Waals surface area contributed by atoms with E-state index in [1.54, 1.807) is 14.0 Å². The zero-order valence-electron chi connectivity index (χ0n) is 6.81. The van der Waals surface area contributed by atoms with Crippen LogP contribution in [0.5, 0.6) is 0 Å². The smallest absolute Gasteiger partial charge is 0.323 e. The van der Waals surface area contributed by atoms with Crippen LogP contribution < -0.4 is 5.32 Å². The molecule has 0 aliphatic rings. The number of carbonyl (C=O) groups is 1. The first-order valence-corrected chi connectivity index (χ1v) is 3.60. The number of ether oxygens (including phenoxy) is 1. The van der Waals surface area contributed by atoms with Gasteiger partial charge in [-0.2, -0.15) is 0 Å². The SMILES string of the molecule is CCOC(=O)C(CC)NC. The predicted molar refractivity (Wildman–Crippen MR) is 39.8 cm³/mol. The van der Waals surface area contributed by atoms with Crippen LogP contribution in [-0.2, 0) is 9.53 Å². The van der Waals surface area contributed by atoms with Crippen molar-refractivity contribution in [3.05, 3.63) is 0 Å². The molecule has 60 valence electrons. The molecule has 0 aromatic carbocycles. The normalized spacial score (nSPS) is 12.7. The minimum Gasteiger partial charge on any atom is -0.465 e. The fraction of sp³-hybridized carbons (Fsp3) is 0.857. The molecular weight excluding hydrogens is 130 g/mol. The van der Waals surface area contributed by atoms with Crippen molar-refractivity contribution in [1.29, 1.82) is 0 Å². The minimum absolute atomic E-state index is 0.139. The Morgan fingerprint density at radius 3 is 2.50 bits per heavy atom. The fourth-order valence-corrected chi connectivity index (χ4v) is 0.731. The van der Waals surface area contributed by atoms with Gasteiger partial charge in [0.1, 0.15) is 6.04 Å². The zero-order chi connectivity index (χ0) is 7.98. The van der Waals surface area contributed by atoms with Gasteiger partial charge in [0.15, 0.2) is 0 Å². The Labute approximate surface area is 61.8 Å². The highest BCUT2D eigenvalue weighted by Gasteiger charge is 2.13. The molecule has 0 saturated heterocycles. The van der Waals surface area contributed by atoms with Crippen molar-refractivity contribution in [3.63, 3.8) is 0 Å². The van der Waals surface area contributed by atoms with Gasteiger partial charge in [0, 0.05) is 0 Å². The Kier molecular flexibility index (Phi) is 4.94. The molecule has 1 atom stereocenters. The van der Waals surface area contributed by atoms with Gasteiger partial charge in [-0.15, -0.1) is 0 Å². The first-order chi connectivity index (χ1) is 4.76. The number of rotatable bonds is 4. The first kappa shape index (κ1) is 9.43. The van der Waals surface area contributed by atoms with Crippen LogP contribution in [0.15, 0.2) is 0 Å². The van der Waals surface area contributed by atoms with Crippen molar-refractivity contribution < 1.29 is 9.53 Å². The summed E-state index contributed by atoms with van der Waals surface area (Å²) in [5.41, 5.74) is 0. The maximum atomic E-state index is 10.9. The van der Waals surface area contributed by atoms with Crippen LogP contribution in [0, 0.1) is 0 Å². The summed E-state index contributed by atoms with van der Waals surface area (Å²) in [4.78, 5) is 10.9. The van der Waals surface area contributed by atoms with E-state index >= 15 is 0 Å². The van der Waals surface area contributed by atoms with Crippen LogP contribution in [0.25, 0.3) is 0 Å². The van der Waals surface area contributed by atoms with Crippen LogP contribution >= 0.6 is 0 Å². The number of hydrogen-bond acceptors (Lipinski definition) is 3. The highest BCUT2D eigenvalue weighted by Crippen LogP contribution is 1.92. The van der Waals surface area contributed by atoms with Gasteiger partial charge in [-0.1, -0.05) is 6.92 Å². The molecule has 0 aromatic rings. The summed E-state index contributed by atoms with van der Waals surface area (Å²) in [5.74, 6) is -0.160. The lowest BCUT2D eigenvalue weighted by Gasteiger charge is -2.11. The molecule has 0 aromatic heterocycles. The number of carbonyl (C=O) groups excluding carboxylic acids is 1. The molecule has 0 aliphatic carbocycles. The van der Waals surface area contributed by atoms with Crippen molar-refractivity contribution in [2.75, 3.05) is 13.7 Å². The lowest BCUT2D eigenvalue weighted by Crippen LogP contribution is -2.34. The van der Waals surface area contributed by atoms with Crippen LogP contribution in [0.4, 0.5) is 0 Å². The number of hydrogen-bond donors (Lipinski definition) is 1. The highest BCUT2D eigenvalue weighted by atomic mass is 16.5. The van der Waals surface area contributed by atoms with Gasteiger partial charge < -0.3 is 10.1 Å². The first-order valence-electron chi connectivity index (χ1n) is 3.60. The fourth-order valence-electron chi connectivity index (χ4n) is 0.731. The summed E-state index contributed by atoms with van der Waals surface area (Å²) < 4.78 is 4.78. The van der Waals surface area contributed by atoms with Crippen molar-refractivity contribution in [2.45, 2.75) is 26.3 Å². The van der Waals surface area contributed by atoms with Crippen LogP contribution in [0.1, 0.15) is 20.3 Å². The molecule has 1 unspecified atom stereocenters. The summed E-state index contributed by atoms with van der Waals surface area (Å²) in [7, 11) is 1.76. The molecular formula is C7H15NO2. The molecule has 0 spiro atoms. The van der Waals surface area contributed by atoms with Gasteiger partial charge in [0.05, 0.1) is 6.61 Å². The molecule has 0 heterocycles. The minimum atomic E-state index is -0.160. The van der Waals surface area contributed by atoms with Gasteiger partial charge in [-0.3, -0.25) is 4.79 Å². The summed E-state index contributed by atoms with van der Waals surface area (Å²) >= 11 is 0. The third-order valence-electron chi connectivity index (χ3n) is 1.33. The van der Waals surface area contributed by atoms with E-state index in [0.29, 0.717) is 6.61 Å². The van der Waals surface area contributed by atoms with E-state index in [1.165, 1.54) is 0 Å². The molecule has 0 fully saturated rings. The molecule has 0 radical (unpaired) electrons. The van der Waals surface area contributed by atoms with E-state index in [1.807, 2.05) is 6.92 Å². The summed E-state index contributed by atoms with van der Waals surface area (Å²) in [5, 5.41) is 2.86. The topological polar surface area (TPSA) is 38.3 Å². The lowest BCUT2D eigenvalue weighted by atomic mass is 10.2. The Morgan fingerprint density at radius 2 is 2.20 bits per heavy atom. The number of nitrogens with one attached hydrogen (secondary N) is 1. The Morgan fingerprint density at radius 1 is 1.60 bits per heavy atom. The van der Waals surface area contributed by atoms with E-state index in [0.717, 1.165) is 6.42 Å². The van der Waals surface area contributed by atoms with Crippen molar-refractivity contribution >= 4 is 5.97 Å². The predicted octanol–water partition coefficient (Wildman–Crippen LogP) is 0.547. The second-order valence-corrected chi connectivity index (χ2v) is 2.00. The Balaban J connectivity index is 3.65. The maximum Gasteiger partial charge on any atom is 0.323 e. The van der Waals surface area contributed by atoms with Gasteiger partial charge >= 0.3 is 5.97 Å². The third-order valence-corrected chi connectivity index (χ3v) is 1.33. The highest BCUT2D eigenvalue weighted by molar-refractivity contribution is 5.75. The maximum absolute atomic E-state index is 10.9. The van der Waals surface area contributed by atoms with E-state index in [4.69, 9.17) is 4.74 Å². The molecule has 10 heavy (non-hydrogen) atoms. The Hall–Kier alpha value is -0.570. The van der Waals surface area contributed by atoms with E-state index < -0.39 is 0 Å². The molecule has 0 bridgehead atoms. The van der Waals surface area contributed by atoms with E-state index in [-0.39, 0.29) is 12.0 Å². The van der Waals surface area contributed by atoms with Gasteiger partial charge in [0.2, 0.25) is 0 Å². The quantitative estimate of drug-likeness (QED) is 0.587. The average molecular weight is 145 g/mol. The van der Waals surface area contributed by atoms with Crippen LogP contribution in [0.2, 0.25) is 0 Å². The molecule has 0 amide bonds. The molecule has 0 aliphatic heterocycles. The molecule has 0 rings (SSSR count). The van der Waals surface area contributed by atoms with Gasteiger partial charge in [0.25, 0.3) is 0 Å². The molecule has 1 N–H and O–H groups in total. The summed E-state index contributed by atoms with van der Waals surface area (Å²) in [6.07, 6.45) is 0.773. The van der Waals surface area contributed by atoms with E-state index in [9.17, 15) is 4.79 Å². The number of likely N-dealkylation sites (N-methyl/N-ethyl adjacent to an activating group) is 1. The van der Waals surface area contributed by atoms with Gasteiger partial charge in [-0.25, -0.2) is 0 Å².